The summed E-state index contributed by atoms with van der Waals surface area (Å²) >= 11 is 2.84. The van der Waals surface area contributed by atoms with Crippen LogP contribution in [0.3, 0.4) is 0 Å². The maximum Gasteiger partial charge on any atom is 0.267 e. The number of fused-ring (bicyclic) bond motifs is 1. The van der Waals surface area contributed by atoms with Crippen molar-refractivity contribution in [2.75, 3.05) is 12.3 Å². The monoisotopic (exact) mass is 429 g/mol. The van der Waals surface area contributed by atoms with Crippen LogP contribution in [0.15, 0.2) is 28.2 Å². The van der Waals surface area contributed by atoms with Gasteiger partial charge in [0.2, 0.25) is 5.91 Å². The first-order chi connectivity index (χ1) is 13.7. The molecular formula is C22H27N3O2S2. The smallest absolute Gasteiger partial charge is 0.267 e. The van der Waals surface area contributed by atoms with E-state index in [9.17, 15) is 9.59 Å². The normalized spacial score (nSPS) is 11.4. The van der Waals surface area contributed by atoms with Crippen LogP contribution < -0.4 is 10.9 Å². The number of thiophene rings is 1. The van der Waals surface area contributed by atoms with Gasteiger partial charge in [0, 0.05) is 11.4 Å². The minimum absolute atomic E-state index is 0.0518. The summed E-state index contributed by atoms with van der Waals surface area (Å²) in [6.45, 7) is 12.8. The van der Waals surface area contributed by atoms with E-state index in [0.29, 0.717) is 23.0 Å². The number of aromatic nitrogens is 2. The van der Waals surface area contributed by atoms with E-state index in [4.69, 9.17) is 4.98 Å². The van der Waals surface area contributed by atoms with Gasteiger partial charge in [-0.25, -0.2) is 4.98 Å². The van der Waals surface area contributed by atoms with Crippen molar-refractivity contribution in [2.24, 2.45) is 5.92 Å². The predicted octanol–water partition coefficient (Wildman–Crippen LogP) is 4.55. The van der Waals surface area contributed by atoms with Gasteiger partial charge in [-0.2, -0.15) is 0 Å². The molecule has 1 aromatic carbocycles. The van der Waals surface area contributed by atoms with E-state index < -0.39 is 0 Å². The molecule has 0 spiro atoms. The van der Waals surface area contributed by atoms with E-state index in [-0.39, 0.29) is 17.2 Å². The number of benzene rings is 1. The molecule has 0 aliphatic carbocycles. The molecule has 2 heterocycles. The zero-order valence-corrected chi connectivity index (χ0v) is 19.4. The van der Waals surface area contributed by atoms with Gasteiger partial charge in [-0.1, -0.05) is 37.7 Å². The molecule has 0 saturated heterocycles. The van der Waals surface area contributed by atoms with Crippen LogP contribution in [-0.4, -0.2) is 27.8 Å². The van der Waals surface area contributed by atoms with Crippen LogP contribution in [0.1, 0.15) is 35.4 Å². The number of hydrogen-bond donors (Lipinski definition) is 1. The van der Waals surface area contributed by atoms with Crippen molar-refractivity contribution in [3.05, 3.63) is 50.1 Å². The largest absolute Gasteiger partial charge is 0.355 e. The second-order valence-corrected chi connectivity index (χ2v) is 9.85. The number of nitrogens with one attached hydrogen (secondary N) is 1. The lowest BCUT2D eigenvalue weighted by atomic mass is 10.1. The summed E-state index contributed by atoms with van der Waals surface area (Å²) in [7, 11) is 0. The molecule has 2 aromatic heterocycles. The Morgan fingerprint density at radius 1 is 1.21 bits per heavy atom. The number of nitrogens with zero attached hydrogens (tertiary/aromatic N) is 2. The average Bonchev–Trinajstić information content (AvgIpc) is 2.95. The van der Waals surface area contributed by atoms with Crippen molar-refractivity contribution in [3.63, 3.8) is 0 Å². The topological polar surface area (TPSA) is 64.0 Å². The summed E-state index contributed by atoms with van der Waals surface area (Å²) in [5.41, 5.74) is 3.87. The highest BCUT2D eigenvalue weighted by molar-refractivity contribution is 7.99. The molecule has 0 atom stereocenters. The van der Waals surface area contributed by atoms with Crippen molar-refractivity contribution < 1.29 is 4.79 Å². The molecule has 1 N–H and O–H groups in total. The highest BCUT2D eigenvalue weighted by atomic mass is 32.2. The van der Waals surface area contributed by atoms with E-state index in [1.807, 2.05) is 45.9 Å². The fourth-order valence-electron chi connectivity index (χ4n) is 3.06. The Kier molecular flexibility index (Phi) is 6.49. The van der Waals surface area contributed by atoms with Crippen LogP contribution in [-0.2, 0) is 4.79 Å². The number of carbonyl (C=O) groups excluding carboxylic acids is 1. The molecule has 5 nitrogen and oxygen atoms in total. The Labute approximate surface area is 179 Å². The lowest BCUT2D eigenvalue weighted by Gasteiger charge is -2.15. The van der Waals surface area contributed by atoms with Crippen LogP contribution in [0.5, 0.6) is 0 Å². The quantitative estimate of drug-likeness (QED) is 0.461. The summed E-state index contributed by atoms with van der Waals surface area (Å²) in [6, 6.07) is 5.92. The molecular weight excluding hydrogens is 402 g/mol. The Morgan fingerprint density at radius 3 is 2.62 bits per heavy atom. The van der Waals surface area contributed by atoms with Gasteiger partial charge in [0.05, 0.1) is 16.8 Å². The van der Waals surface area contributed by atoms with Crippen molar-refractivity contribution in [1.82, 2.24) is 14.9 Å². The van der Waals surface area contributed by atoms with Crippen LogP contribution >= 0.6 is 23.1 Å². The minimum Gasteiger partial charge on any atom is -0.355 e. The van der Waals surface area contributed by atoms with Gasteiger partial charge in [0.15, 0.2) is 5.16 Å². The fraction of sp³-hybridized carbons (Fsp3) is 0.409. The summed E-state index contributed by atoms with van der Waals surface area (Å²) in [5, 5.41) is 4.15. The van der Waals surface area contributed by atoms with Gasteiger partial charge in [0.1, 0.15) is 4.83 Å². The van der Waals surface area contributed by atoms with Crippen molar-refractivity contribution >= 4 is 39.2 Å². The third kappa shape index (κ3) is 4.41. The molecule has 3 aromatic rings. The lowest BCUT2D eigenvalue weighted by Crippen LogP contribution is -2.29. The Hall–Kier alpha value is -2.12. The summed E-state index contributed by atoms with van der Waals surface area (Å²) in [6.07, 6.45) is 0. The number of thioether (sulfide) groups is 1. The van der Waals surface area contributed by atoms with Crippen LogP contribution in [0.25, 0.3) is 15.9 Å². The molecule has 1 amide bonds. The zero-order chi connectivity index (χ0) is 21.3. The van der Waals surface area contributed by atoms with Gasteiger partial charge in [0.25, 0.3) is 5.56 Å². The number of rotatable bonds is 6. The van der Waals surface area contributed by atoms with E-state index in [0.717, 1.165) is 32.1 Å². The minimum atomic E-state index is -0.0735. The average molecular weight is 430 g/mol. The Bertz CT molecular complexity index is 1130. The van der Waals surface area contributed by atoms with E-state index in [2.05, 4.69) is 19.2 Å². The van der Waals surface area contributed by atoms with E-state index in [1.165, 1.54) is 23.1 Å². The van der Waals surface area contributed by atoms with Gasteiger partial charge < -0.3 is 5.32 Å². The van der Waals surface area contributed by atoms with Gasteiger partial charge in [-0.05, 0) is 56.4 Å². The number of amides is 1. The van der Waals surface area contributed by atoms with Crippen LogP contribution in [0.2, 0.25) is 0 Å². The summed E-state index contributed by atoms with van der Waals surface area (Å²) in [5.74, 6) is 0.562. The Morgan fingerprint density at radius 2 is 1.93 bits per heavy atom. The van der Waals surface area contributed by atoms with Crippen molar-refractivity contribution in [2.45, 2.75) is 46.7 Å². The van der Waals surface area contributed by atoms with Crippen molar-refractivity contribution in [1.29, 1.82) is 0 Å². The standard InChI is InChI=1S/C22H27N3O2S2/c1-12(2)10-23-18(26)11-28-22-24-20-19(15(5)16(6)29-20)21(27)25(22)17-9-7-8-13(3)14(17)4/h7-9,12H,10-11H2,1-6H3,(H,23,26). The molecule has 154 valence electrons. The highest BCUT2D eigenvalue weighted by Gasteiger charge is 2.20. The number of carbonyl (C=O) groups is 1. The first kappa shape index (κ1) is 21.6. The molecule has 0 fully saturated rings. The second kappa shape index (κ2) is 8.71. The first-order valence-electron chi connectivity index (χ1n) is 9.69. The van der Waals surface area contributed by atoms with Gasteiger partial charge in [-0.15, -0.1) is 11.3 Å². The van der Waals surface area contributed by atoms with E-state index in [1.54, 1.807) is 4.57 Å². The fourth-order valence-corrected chi connectivity index (χ4v) is 4.97. The Balaban J connectivity index is 2.11. The van der Waals surface area contributed by atoms with Crippen LogP contribution in [0, 0.1) is 33.6 Å². The third-order valence-electron chi connectivity index (χ3n) is 5.03. The zero-order valence-electron chi connectivity index (χ0n) is 17.8. The molecule has 0 aliphatic heterocycles. The molecule has 0 aliphatic rings. The predicted molar refractivity (Wildman–Crippen MR) is 123 cm³/mol. The molecule has 0 bridgehead atoms. The van der Waals surface area contributed by atoms with Gasteiger partial charge in [-0.3, -0.25) is 14.2 Å². The number of aryl methyl sites for hydroxylation is 3. The molecule has 29 heavy (non-hydrogen) atoms. The maximum absolute atomic E-state index is 13.5. The van der Waals surface area contributed by atoms with Crippen molar-refractivity contribution in [3.8, 4) is 5.69 Å². The van der Waals surface area contributed by atoms with Crippen LogP contribution in [0.4, 0.5) is 0 Å². The maximum atomic E-state index is 13.5. The number of hydrogen-bond acceptors (Lipinski definition) is 5. The van der Waals surface area contributed by atoms with E-state index >= 15 is 0 Å². The molecule has 3 rings (SSSR count). The molecule has 7 heteroatoms. The first-order valence-corrected chi connectivity index (χ1v) is 11.5. The summed E-state index contributed by atoms with van der Waals surface area (Å²) in [4.78, 5) is 32.4. The molecule has 0 radical (unpaired) electrons. The summed E-state index contributed by atoms with van der Waals surface area (Å²) < 4.78 is 1.67. The molecule has 0 saturated carbocycles. The molecule has 0 unspecified atom stereocenters. The third-order valence-corrected chi connectivity index (χ3v) is 7.07. The highest BCUT2D eigenvalue weighted by Crippen LogP contribution is 2.30. The SMILES string of the molecule is Cc1cccc(-n2c(SCC(=O)NCC(C)C)nc3sc(C)c(C)c3c2=O)c1C. The van der Waals surface area contributed by atoms with Gasteiger partial charge >= 0.3 is 0 Å². The lowest BCUT2D eigenvalue weighted by molar-refractivity contribution is -0.118. The second-order valence-electron chi connectivity index (χ2n) is 7.70.